The first kappa shape index (κ1) is 88.0. The van der Waals surface area contributed by atoms with Crippen molar-refractivity contribution < 1.29 is 42.1 Å². The second-order valence-electron chi connectivity index (χ2n) is 28.1. The molecule has 0 aromatic carbocycles. The van der Waals surface area contributed by atoms with E-state index in [1.165, 1.54) is 321 Å². The lowest BCUT2D eigenvalue weighted by Crippen LogP contribution is -2.37. The smallest absolute Gasteiger partial charge is 0.306 e. The van der Waals surface area contributed by atoms with Crippen molar-refractivity contribution in [3.8, 4) is 0 Å². The Balaban J connectivity index is 3.92. The van der Waals surface area contributed by atoms with Gasteiger partial charge in [0.05, 0.1) is 27.7 Å². The summed E-state index contributed by atoms with van der Waals surface area (Å²) in [6, 6.07) is 0. The van der Waals surface area contributed by atoms with Crippen LogP contribution in [-0.4, -0.2) is 70.0 Å². The maximum Gasteiger partial charge on any atom is 0.306 e. The quantitative estimate of drug-likeness (QED) is 0.0195. The maximum atomic E-state index is 12.9. The lowest BCUT2D eigenvalue weighted by atomic mass is 10.0. The number of rotatable bonds is 74. The first-order valence-corrected chi connectivity index (χ1v) is 40.8. The number of phosphoric ester groups is 1. The number of carbonyl (C=O) groups excluding carboxylic acids is 2. The van der Waals surface area contributed by atoms with E-state index in [9.17, 15) is 19.0 Å². The zero-order valence-electron chi connectivity index (χ0n) is 60.6. The third kappa shape index (κ3) is 75.0. The maximum absolute atomic E-state index is 12.9. The Morgan fingerprint density at radius 3 is 0.878 bits per heavy atom. The summed E-state index contributed by atoms with van der Waals surface area (Å²) in [6.07, 6.45) is 93.7. The van der Waals surface area contributed by atoms with Crippen molar-refractivity contribution in [1.29, 1.82) is 0 Å². The highest BCUT2D eigenvalue weighted by atomic mass is 31.2. The summed E-state index contributed by atoms with van der Waals surface area (Å²) in [7, 11) is 1.19. The molecule has 0 saturated heterocycles. The Bertz CT molecular complexity index is 1660. The highest BCUT2D eigenvalue weighted by Crippen LogP contribution is 2.38. The monoisotopic (exact) mass is 1290 g/mol. The fourth-order valence-electron chi connectivity index (χ4n) is 11.8. The molecule has 0 saturated carbocycles. The zero-order chi connectivity index (χ0) is 65.5. The summed E-state index contributed by atoms with van der Waals surface area (Å²) in [4.78, 5) is 38.2. The number of nitrogens with zero attached hydrogens (tertiary/aromatic N) is 1. The standard InChI is InChI=1S/C80H152NO8P/c1-6-8-10-12-14-16-18-20-22-24-26-28-30-32-34-36-37-38-39-40-41-42-43-45-47-49-51-53-55-57-59-61-63-65-67-69-71-73-80(83)89-78(77-88-90(84,85)87-75-74-81(3,4)5)76-86-79(82)72-70-68-66-64-62-60-58-56-54-52-50-48-46-44-35-33-31-29-27-25-23-21-19-17-15-13-11-9-7-2/h18-21,24-27,78H,6-17,22-23,28-77H2,1-5H3/b20-18-,21-19-,26-24-,27-25-. The highest BCUT2D eigenvalue weighted by molar-refractivity contribution is 7.45. The molecule has 2 atom stereocenters. The topological polar surface area (TPSA) is 111 Å². The van der Waals surface area contributed by atoms with E-state index in [0.29, 0.717) is 17.4 Å². The minimum absolute atomic E-state index is 0.0281. The van der Waals surface area contributed by atoms with Crippen LogP contribution in [0.15, 0.2) is 48.6 Å². The number of carbonyl (C=O) groups is 2. The number of quaternary nitrogens is 1. The van der Waals surface area contributed by atoms with Crippen LogP contribution < -0.4 is 4.89 Å². The minimum atomic E-state index is -4.64. The molecule has 0 fully saturated rings. The van der Waals surface area contributed by atoms with Gasteiger partial charge in [-0.3, -0.25) is 14.2 Å². The summed E-state index contributed by atoms with van der Waals surface area (Å²) in [5, 5.41) is 0. The summed E-state index contributed by atoms with van der Waals surface area (Å²) >= 11 is 0. The van der Waals surface area contributed by atoms with E-state index in [-0.39, 0.29) is 32.0 Å². The third-order valence-electron chi connectivity index (χ3n) is 17.8. The number of allylic oxidation sites excluding steroid dienone is 8. The van der Waals surface area contributed by atoms with E-state index in [1.54, 1.807) is 0 Å². The van der Waals surface area contributed by atoms with Gasteiger partial charge in [0.1, 0.15) is 19.8 Å². The number of esters is 2. The van der Waals surface area contributed by atoms with Gasteiger partial charge in [-0.25, -0.2) is 0 Å². The molecule has 0 aliphatic carbocycles. The first-order valence-electron chi connectivity index (χ1n) is 39.3. The Morgan fingerprint density at radius 2 is 0.600 bits per heavy atom. The number of hydrogen-bond acceptors (Lipinski definition) is 8. The van der Waals surface area contributed by atoms with Gasteiger partial charge in [-0.1, -0.05) is 358 Å². The molecule has 10 heteroatoms. The molecule has 2 unspecified atom stereocenters. The number of phosphoric acid groups is 1. The molecule has 0 aromatic rings. The number of unbranched alkanes of at least 4 members (excludes halogenated alkanes) is 52. The van der Waals surface area contributed by atoms with Crippen LogP contribution in [0.4, 0.5) is 0 Å². The van der Waals surface area contributed by atoms with Crippen LogP contribution in [-0.2, 0) is 32.7 Å². The predicted octanol–water partition coefficient (Wildman–Crippen LogP) is 25.3. The second kappa shape index (κ2) is 71.3. The van der Waals surface area contributed by atoms with Gasteiger partial charge >= 0.3 is 11.9 Å². The van der Waals surface area contributed by atoms with Crippen molar-refractivity contribution in [2.24, 2.45) is 0 Å². The van der Waals surface area contributed by atoms with E-state index in [2.05, 4.69) is 62.5 Å². The average molecular weight is 1290 g/mol. The molecule has 0 aromatic heterocycles. The van der Waals surface area contributed by atoms with Crippen molar-refractivity contribution >= 4 is 19.8 Å². The largest absolute Gasteiger partial charge is 0.756 e. The lowest BCUT2D eigenvalue weighted by molar-refractivity contribution is -0.870. The fourth-order valence-corrected chi connectivity index (χ4v) is 12.5. The van der Waals surface area contributed by atoms with Gasteiger partial charge in [-0.2, -0.15) is 0 Å². The molecule has 0 radical (unpaired) electrons. The van der Waals surface area contributed by atoms with Gasteiger partial charge in [0.2, 0.25) is 0 Å². The molecule has 0 heterocycles. The van der Waals surface area contributed by atoms with Gasteiger partial charge in [-0.15, -0.1) is 0 Å². The van der Waals surface area contributed by atoms with E-state index in [1.807, 2.05) is 21.1 Å². The lowest BCUT2D eigenvalue weighted by Gasteiger charge is -2.28. The van der Waals surface area contributed by atoms with Crippen LogP contribution in [0.2, 0.25) is 0 Å². The van der Waals surface area contributed by atoms with Crippen molar-refractivity contribution in [3.63, 3.8) is 0 Å². The Hall–Kier alpha value is -2.03. The van der Waals surface area contributed by atoms with Crippen molar-refractivity contribution in [2.75, 3.05) is 47.5 Å². The summed E-state index contributed by atoms with van der Waals surface area (Å²) in [5.74, 6) is -0.810. The number of likely N-dealkylation sites (N-methyl/N-ethyl adjacent to an activating group) is 1. The normalized spacial score (nSPS) is 13.3. The van der Waals surface area contributed by atoms with Gasteiger partial charge in [0.25, 0.3) is 7.82 Å². The van der Waals surface area contributed by atoms with Crippen LogP contribution in [0.1, 0.15) is 399 Å². The SMILES string of the molecule is CCCCCCC/C=C\C/C=C\CCCCCCCCCCCCCCCCCCCCCCCCCCCC(=O)OC(COC(=O)CCCCCCCCCCCCCCCCCCC/C=C\C/C=C\CCCCCCC)COP(=O)([O-])OCC[N+](C)(C)C. The van der Waals surface area contributed by atoms with Crippen LogP contribution >= 0.6 is 7.82 Å². The first-order chi connectivity index (χ1) is 44.0. The second-order valence-corrected chi connectivity index (χ2v) is 29.5. The van der Waals surface area contributed by atoms with Crippen molar-refractivity contribution in [3.05, 3.63) is 48.6 Å². The molecular formula is C80H152NO8P. The Morgan fingerprint density at radius 1 is 0.344 bits per heavy atom. The van der Waals surface area contributed by atoms with Crippen LogP contribution in [0.5, 0.6) is 0 Å². The number of hydrogen-bond donors (Lipinski definition) is 0. The molecule has 0 rings (SSSR count). The Labute approximate surface area is 560 Å². The molecular weight excluding hydrogens is 1130 g/mol. The van der Waals surface area contributed by atoms with E-state index in [4.69, 9.17) is 18.5 Å². The third-order valence-corrected chi connectivity index (χ3v) is 18.8. The zero-order valence-corrected chi connectivity index (χ0v) is 61.5. The Kier molecular flexibility index (Phi) is 69.7. The molecule has 0 amide bonds. The molecule has 530 valence electrons. The summed E-state index contributed by atoms with van der Waals surface area (Å²) < 4.78 is 34.4. The average Bonchev–Trinajstić information content (AvgIpc) is 3.58. The van der Waals surface area contributed by atoms with Gasteiger partial charge in [-0.05, 0) is 77.0 Å². The molecule has 0 bridgehead atoms. The van der Waals surface area contributed by atoms with Crippen molar-refractivity contribution in [1.82, 2.24) is 0 Å². The minimum Gasteiger partial charge on any atom is -0.756 e. The molecule has 0 spiro atoms. The van der Waals surface area contributed by atoms with E-state index < -0.39 is 26.5 Å². The van der Waals surface area contributed by atoms with E-state index >= 15 is 0 Å². The van der Waals surface area contributed by atoms with Crippen molar-refractivity contribution in [2.45, 2.75) is 405 Å². The summed E-state index contributed by atoms with van der Waals surface area (Å²) in [6.45, 7) is 4.29. The predicted molar refractivity (Wildman–Crippen MR) is 388 cm³/mol. The van der Waals surface area contributed by atoms with Crippen LogP contribution in [0, 0.1) is 0 Å². The molecule has 9 nitrogen and oxygen atoms in total. The van der Waals surface area contributed by atoms with Gasteiger partial charge in [0, 0.05) is 12.8 Å². The fraction of sp³-hybridized carbons (Fsp3) is 0.875. The van der Waals surface area contributed by atoms with Gasteiger partial charge < -0.3 is 27.9 Å². The molecule has 0 aliphatic rings. The molecule has 90 heavy (non-hydrogen) atoms. The highest BCUT2D eigenvalue weighted by Gasteiger charge is 2.22. The summed E-state index contributed by atoms with van der Waals surface area (Å²) in [5.41, 5.74) is 0. The van der Waals surface area contributed by atoms with Crippen LogP contribution in [0.25, 0.3) is 0 Å². The van der Waals surface area contributed by atoms with Gasteiger partial charge in [0.15, 0.2) is 6.10 Å². The van der Waals surface area contributed by atoms with E-state index in [0.717, 1.165) is 44.9 Å². The molecule has 0 aliphatic heterocycles. The number of ether oxygens (including phenoxy) is 2. The molecule has 0 N–H and O–H groups in total. The van der Waals surface area contributed by atoms with Crippen LogP contribution in [0.3, 0.4) is 0 Å².